The summed E-state index contributed by atoms with van der Waals surface area (Å²) >= 11 is 11.7. The monoisotopic (exact) mass is 354 g/mol. The van der Waals surface area contributed by atoms with Crippen LogP contribution in [0.4, 0.5) is 5.95 Å². The molecule has 1 amide bonds. The number of benzene rings is 1. The van der Waals surface area contributed by atoms with Crippen molar-refractivity contribution in [1.29, 1.82) is 0 Å². The molecule has 0 fully saturated rings. The van der Waals surface area contributed by atoms with Crippen LogP contribution in [0.3, 0.4) is 0 Å². The maximum absolute atomic E-state index is 11.8. The summed E-state index contributed by atoms with van der Waals surface area (Å²) in [5.41, 5.74) is 0.721. The lowest BCUT2D eigenvalue weighted by Gasteiger charge is -1.99. The van der Waals surface area contributed by atoms with Gasteiger partial charge in [-0.2, -0.15) is 0 Å². The molecule has 1 heterocycles. The summed E-state index contributed by atoms with van der Waals surface area (Å²) in [5, 5.41) is 7.23. The van der Waals surface area contributed by atoms with Crippen molar-refractivity contribution in [2.45, 2.75) is 6.54 Å². The number of ether oxygens (including phenoxy) is 1. The molecule has 0 saturated carbocycles. The molecule has 0 radical (unpaired) electrons. The van der Waals surface area contributed by atoms with Crippen molar-refractivity contribution in [1.82, 2.24) is 14.8 Å². The Morgan fingerprint density at radius 3 is 2.83 bits per heavy atom. The van der Waals surface area contributed by atoms with Crippen LogP contribution in [0.2, 0.25) is 10.0 Å². The average molecular weight is 355 g/mol. The minimum Gasteiger partial charge on any atom is -0.468 e. The minimum absolute atomic E-state index is 0.0812. The van der Waals surface area contributed by atoms with Gasteiger partial charge in [0.1, 0.15) is 12.9 Å². The lowest BCUT2D eigenvalue weighted by molar-refractivity contribution is -0.141. The number of rotatable bonds is 5. The Morgan fingerprint density at radius 1 is 1.35 bits per heavy atom. The van der Waals surface area contributed by atoms with E-state index in [9.17, 15) is 9.59 Å². The fraction of sp³-hybridized carbons (Fsp3) is 0.143. The molecule has 2 rings (SSSR count). The molecule has 1 aromatic carbocycles. The number of aromatic nitrogens is 3. The van der Waals surface area contributed by atoms with Crippen LogP contribution in [0.1, 0.15) is 5.56 Å². The Hall–Kier alpha value is -2.38. The second-order valence-electron chi connectivity index (χ2n) is 4.34. The van der Waals surface area contributed by atoms with E-state index in [2.05, 4.69) is 20.1 Å². The lowest BCUT2D eigenvalue weighted by Crippen LogP contribution is -2.13. The van der Waals surface area contributed by atoms with E-state index in [-0.39, 0.29) is 12.5 Å². The van der Waals surface area contributed by atoms with Crippen molar-refractivity contribution in [3.05, 3.63) is 46.2 Å². The number of amides is 1. The molecular formula is C14H12Cl2N4O3. The molecule has 0 saturated heterocycles. The van der Waals surface area contributed by atoms with Crippen LogP contribution in [0.15, 0.2) is 30.6 Å². The van der Waals surface area contributed by atoms with Gasteiger partial charge in [-0.1, -0.05) is 29.3 Å². The van der Waals surface area contributed by atoms with E-state index in [0.717, 1.165) is 5.56 Å². The van der Waals surface area contributed by atoms with Crippen molar-refractivity contribution in [3.8, 4) is 0 Å². The molecule has 0 spiro atoms. The van der Waals surface area contributed by atoms with Crippen molar-refractivity contribution in [2.75, 3.05) is 12.4 Å². The van der Waals surface area contributed by atoms with Gasteiger partial charge in [0, 0.05) is 6.08 Å². The number of anilines is 1. The summed E-state index contributed by atoms with van der Waals surface area (Å²) < 4.78 is 5.76. The molecule has 9 heteroatoms. The molecule has 120 valence electrons. The van der Waals surface area contributed by atoms with E-state index < -0.39 is 11.9 Å². The highest BCUT2D eigenvalue weighted by Crippen LogP contribution is 2.23. The normalized spacial score (nSPS) is 10.7. The fourth-order valence-corrected chi connectivity index (χ4v) is 1.87. The van der Waals surface area contributed by atoms with Crippen LogP contribution in [0.5, 0.6) is 0 Å². The first-order valence-corrected chi connectivity index (χ1v) is 7.14. The zero-order valence-electron chi connectivity index (χ0n) is 12.0. The number of carbonyl (C=O) groups is 2. The lowest BCUT2D eigenvalue weighted by atomic mass is 10.2. The highest BCUT2D eigenvalue weighted by Gasteiger charge is 2.07. The largest absolute Gasteiger partial charge is 0.468 e. The van der Waals surface area contributed by atoms with Crippen LogP contribution < -0.4 is 5.32 Å². The number of nitrogens with one attached hydrogen (secondary N) is 1. The average Bonchev–Trinajstić information content (AvgIpc) is 2.95. The first-order chi connectivity index (χ1) is 11.0. The summed E-state index contributed by atoms with van der Waals surface area (Å²) in [4.78, 5) is 26.7. The molecule has 0 atom stereocenters. The van der Waals surface area contributed by atoms with E-state index in [1.54, 1.807) is 24.3 Å². The highest BCUT2D eigenvalue weighted by atomic mass is 35.5. The van der Waals surface area contributed by atoms with Gasteiger partial charge >= 0.3 is 5.97 Å². The summed E-state index contributed by atoms with van der Waals surface area (Å²) in [6.07, 6.45) is 4.19. The highest BCUT2D eigenvalue weighted by molar-refractivity contribution is 6.42. The van der Waals surface area contributed by atoms with Crippen molar-refractivity contribution in [3.63, 3.8) is 0 Å². The quantitative estimate of drug-likeness (QED) is 0.658. The van der Waals surface area contributed by atoms with Crippen molar-refractivity contribution < 1.29 is 14.3 Å². The number of carbonyl (C=O) groups excluding carboxylic acids is 2. The van der Waals surface area contributed by atoms with E-state index >= 15 is 0 Å². The SMILES string of the molecule is COC(=O)Cn1cnc(NC(=O)C=Cc2ccc(Cl)c(Cl)c2)n1. The topological polar surface area (TPSA) is 86.1 Å². The summed E-state index contributed by atoms with van der Waals surface area (Å²) in [7, 11) is 1.27. The molecule has 23 heavy (non-hydrogen) atoms. The van der Waals surface area contributed by atoms with E-state index in [1.165, 1.54) is 24.2 Å². The van der Waals surface area contributed by atoms with Gasteiger partial charge in [-0.3, -0.25) is 14.9 Å². The number of hydrogen-bond donors (Lipinski definition) is 1. The Bertz CT molecular complexity index is 758. The number of methoxy groups -OCH3 is 1. The van der Waals surface area contributed by atoms with Gasteiger partial charge in [0.05, 0.1) is 17.2 Å². The Labute approximate surface area is 141 Å². The summed E-state index contributed by atoms with van der Waals surface area (Å²) in [5.74, 6) is -0.808. The zero-order valence-corrected chi connectivity index (χ0v) is 13.5. The van der Waals surface area contributed by atoms with Crippen LogP contribution in [0, 0.1) is 0 Å². The van der Waals surface area contributed by atoms with E-state index in [4.69, 9.17) is 23.2 Å². The minimum atomic E-state index is -0.465. The van der Waals surface area contributed by atoms with Gasteiger partial charge in [0.15, 0.2) is 0 Å². The van der Waals surface area contributed by atoms with Crippen LogP contribution >= 0.6 is 23.2 Å². The van der Waals surface area contributed by atoms with Gasteiger partial charge in [0.25, 0.3) is 5.91 Å². The third kappa shape index (κ3) is 5.08. The van der Waals surface area contributed by atoms with Gasteiger partial charge in [-0.05, 0) is 23.8 Å². The van der Waals surface area contributed by atoms with E-state index in [1.807, 2.05) is 0 Å². The predicted octanol–water partition coefficient (Wildman–Crippen LogP) is 2.41. The number of nitrogens with zero attached hydrogens (tertiary/aromatic N) is 3. The summed E-state index contributed by atoms with van der Waals surface area (Å²) in [6.45, 7) is -0.0848. The van der Waals surface area contributed by atoms with Crippen LogP contribution in [-0.2, 0) is 20.9 Å². The third-order valence-corrected chi connectivity index (χ3v) is 3.40. The Balaban J connectivity index is 1.95. The maximum atomic E-state index is 11.8. The molecule has 0 aliphatic rings. The molecule has 7 nitrogen and oxygen atoms in total. The van der Waals surface area contributed by atoms with Gasteiger partial charge < -0.3 is 4.74 Å². The van der Waals surface area contributed by atoms with Gasteiger partial charge in [0.2, 0.25) is 5.95 Å². The standard InChI is InChI=1S/C14H12Cl2N4O3/c1-23-13(22)7-20-8-17-14(19-20)18-12(21)5-3-9-2-4-10(15)11(16)6-9/h2-6,8H,7H2,1H3,(H,18,19,21). The number of halogens is 2. The second-order valence-corrected chi connectivity index (χ2v) is 5.15. The third-order valence-electron chi connectivity index (χ3n) is 2.66. The summed E-state index contributed by atoms with van der Waals surface area (Å²) in [6, 6.07) is 5.00. The van der Waals surface area contributed by atoms with Gasteiger partial charge in [-0.25, -0.2) is 9.67 Å². The smallest absolute Gasteiger partial charge is 0.327 e. The molecule has 0 unspecified atom stereocenters. The predicted molar refractivity (Wildman–Crippen MR) is 86.2 cm³/mol. The zero-order chi connectivity index (χ0) is 16.8. The molecule has 0 aliphatic carbocycles. The fourth-order valence-electron chi connectivity index (χ4n) is 1.56. The molecule has 2 aromatic rings. The van der Waals surface area contributed by atoms with E-state index in [0.29, 0.717) is 10.0 Å². The van der Waals surface area contributed by atoms with Gasteiger partial charge in [-0.15, -0.1) is 5.10 Å². The first kappa shape index (κ1) is 17.0. The number of esters is 1. The molecule has 0 aliphatic heterocycles. The van der Waals surface area contributed by atoms with Crippen molar-refractivity contribution >= 4 is 47.1 Å². The van der Waals surface area contributed by atoms with Crippen molar-refractivity contribution in [2.24, 2.45) is 0 Å². The van der Waals surface area contributed by atoms with Crippen LogP contribution in [-0.4, -0.2) is 33.8 Å². The molecule has 1 N–H and O–H groups in total. The first-order valence-electron chi connectivity index (χ1n) is 6.38. The maximum Gasteiger partial charge on any atom is 0.327 e. The molecule has 1 aromatic heterocycles. The molecule has 0 bridgehead atoms. The van der Waals surface area contributed by atoms with Crippen LogP contribution in [0.25, 0.3) is 6.08 Å². The second kappa shape index (κ2) is 7.75. The molecular weight excluding hydrogens is 343 g/mol. The Morgan fingerprint density at radius 2 is 2.13 bits per heavy atom. The number of hydrogen-bond acceptors (Lipinski definition) is 5. The Kier molecular flexibility index (Phi) is 5.72.